The van der Waals surface area contributed by atoms with Gasteiger partial charge >= 0.3 is 11.9 Å². The molecule has 4 heterocycles. The Hall–Kier alpha value is -5.00. The number of carboxylic acid groups (broad SMARTS) is 1. The van der Waals surface area contributed by atoms with Crippen LogP contribution in [0.15, 0.2) is 52.8 Å². The molecular formula is C35H39ClN5O11S+. The van der Waals surface area contributed by atoms with Gasteiger partial charge in [-0.1, -0.05) is 16.8 Å². The van der Waals surface area contributed by atoms with E-state index in [1.54, 1.807) is 4.90 Å². The first-order valence-corrected chi connectivity index (χ1v) is 18.2. The number of piperazine rings is 1. The fourth-order valence-corrected chi connectivity index (χ4v) is 8.78. The van der Waals surface area contributed by atoms with E-state index in [-0.39, 0.29) is 45.3 Å². The number of carbonyl (C=O) groups is 5. The monoisotopic (exact) mass is 772 g/mol. The molecular weight excluding hydrogens is 734 g/mol. The molecule has 0 radical (unpaired) electrons. The first kappa shape index (κ1) is 37.7. The molecule has 4 unspecified atom stereocenters. The van der Waals surface area contributed by atoms with Crippen LogP contribution in [0, 0.1) is 0 Å². The number of nitrogens with one attached hydrogen (secondary N) is 1. The van der Waals surface area contributed by atoms with Crippen LogP contribution in [0.1, 0.15) is 42.6 Å². The second-order valence-corrected chi connectivity index (χ2v) is 15.3. The zero-order chi connectivity index (χ0) is 38.4. The van der Waals surface area contributed by atoms with E-state index in [0.717, 1.165) is 19.4 Å². The number of β-lactam (4-membered cyclic amide) rings is 1. The van der Waals surface area contributed by atoms with E-state index in [4.69, 9.17) is 21.2 Å². The van der Waals surface area contributed by atoms with E-state index in [1.807, 2.05) is 0 Å². The quantitative estimate of drug-likeness (QED) is 0.0586. The molecule has 53 heavy (non-hydrogen) atoms. The number of oxime groups is 1. The van der Waals surface area contributed by atoms with E-state index >= 15 is 0 Å². The van der Waals surface area contributed by atoms with Gasteiger partial charge in [-0.05, 0) is 50.2 Å². The number of carbonyl (C=O) groups excluding carboxylic acids is 4. The Balaban J connectivity index is 1.20. The number of fused-ring (bicyclic) bond motifs is 2. The fraction of sp³-hybridized carbons (Fsp3) is 0.429. The maximum absolute atomic E-state index is 13.7. The summed E-state index contributed by atoms with van der Waals surface area (Å²) in [5.74, 6) is -4.47. The molecule has 0 saturated carbocycles. The van der Waals surface area contributed by atoms with E-state index in [1.165, 1.54) is 74.0 Å². The van der Waals surface area contributed by atoms with Gasteiger partial charge in [-0.2, -0.15) is 0 Å². The SMILES string of the molecule is COC(=O)C1=C(C[N+]23CCCC2CN(C(=O)c2ccc(O)c(O)c2Cl)CC3)CSC2C(NC(=O)/C(=N\OC(C)(C)C(=O)O)c3ccc(O)cc3)C(=O)N12. The lowest BCUT2D eigenvalue weighted by Crippen LogP contribution is -2.71. The third-order valence-electron chi connectivity index (χ3n) is 10.2. The molecule has 2 aromatic carbocycles. The topological polar surface area (TPSA) is 216 Å². The lowest BCUT2D eigenvalue weighted by atomic mass is 10.00. The molecule has 3 saturated heterocycles. The molecule has 4 atom stereocenters. The normalized spacial score (nSPS) is 24.2. The number of aliphatic carboxylic acids is 1. The molecule has 3 amide bonds. The molecule has 5 N–H and O–H groups in total. The largest absolute Gasteiger partial charge is 0.508 e. The van der Waals surface area contributed by atoms with Gasteiger partial charge in [0.15, 0.2) is 17.2 Å². The molecule has 0 aliphatic carbocycles. The third kappa shape index (κ3) is 6.95. The van der Waals surface area contributed by atoms with Crippen LogP contribution < -0.4 is 5.32 Å². The van der Waals surface area contributed by atoms with Crippen molar-refractivity contribution < 1.29 is 58.5 Å². The number of esters is 1. The first-order valence-electron chi connectivity index (χ1n) is 16.8. The highest BCUT2D eigenvalue weighted by atomic mass is 35.5. The van der Waals surface area contributed by atoms with Crippen LogP contribution >= 0.6 is 23.4 Å². The number of thioether (sulfide) groups is 1. The first-order chi connectivity index (χ1) is 25.1. The van der Waals surface area contributed by atoms with Gasteiger partial charge in [-0.3, -0.25) is 19.3 Å². The standard InChI is InChI=1S/C35H38ClN5O11S/c1-35(2,34(49)50)52-38-25(18-6-8-21(42)9-7-18)29(45)37-26-31(47)40-27(33(48)51-3)19(17-53-32(26)40)16-41-13-4-5-20(41)15-39(12-14-41)30(46)22-10-11-23(43)28(44)24(22)36/h6-11,20,26,32H,4-5,12-17H2,1-3H3,(H4-,37,38,42,43,44,45,46,49,50)/p+1. The Morgan fingerprint density at radius 3 is 2.49 bits per heavy atom. The van der Waals surface area contributed by atoms with Crippen molar-refractivity contribution in [3.63, 3.8) is 0 Å². The van der Waals surface area contributed by atoms with Gasteiger partial charge in [0.1, 0.15) is 35.4 Å². The zero-order valence-electron chi connectivity index (χ0n) is 29.1. The number of ether oxygens (including phenoxy) is 1. The summed E-state index contributed by atoms with van der Waals surface area (Å²) in [6.07, 6.45) is 1.71. The maximum Gasteiger partial charge on any atom is 0.355 e. The van der Waals surface area contributed by atoms with Crippen molar-refractivity contribution in [1.82, 2.24) is 15.1 Å². The second-order valence-electron chi connectivity index (χ2n) is 13.9. The van der Waals surface area contributed by atoms with Crippen molar-refractivity contribution in [2.45, 2.75) is 49.7 Å². The molecule has 282 valence electrons. The van der Waals surface area contributed by atoms with Crippen molar-refractivity contribution in [2.24, 2.45) is 5.16 Å². The van der Waals surface area contributed by atoms with Crippen LogP contribution in [0.3, 0.4) is 0 Å². The minimum absolute atomic E-state index is 0.0244. The van der Waals surface area contributed by atoms with Gasteiger partial charge in [0.25, 0.3) is 17.7 Å². The molecule has 3 fully saturated rings. The summed E-state index contributed by atoms with van der Waals surface area (Å²) in [6.45, 7) is 5.09. The number of rotatable bonds is 10. The van der Waals surface area contributed by atoms with Crippen LogP contribution in [0.5, 0.6) is 17.2 Å². The van der Waals surface area contributed by atoms with Gasteiger partial charge in [0, 0.05) is 29.7 Å². The molecule has 16 nitrogen and oxygen atoms in total. The van der Waals surface area contributed by atoms with Crippen molar-refractivity contribution in [1.29, 1.82) is 0 Å². The number of halogens is 1. The Bertz CT molecular complexity index is 1940. The smallest absolute Gasteiger partial charge is 0.355 e. The molecule has 18 heteroatoms. The van der Waals surface area contributed by atoms with Crippen molar-refractivity contribution in [3.05, 3.63) is 63.8 Å². The number of amides is 3. The molecule has 4 aliphatic rings. The Kier molecular flexibility index (Phi) is 10.3. The fourth-order valence-electron chi connectivity index (χ4n) is 7.21. The minimum atomic E-state index is -1.78. The number of hydrogen-bond donors (Lipinski definition) is 5. The van der Waals surface area contributed by atoms with Gasteiger partial charge < -0.3 is 44.7 Å². The number of hydrogen-bond acceptors (Lipinski definition) is 12. The van der Waals surface area contributed by atoms with Gasteiger partial charge in [-0.15, -0.1) is 11.8 Å². The lowest BCUT2D eigenvalue weighted by molar-refractivity contribution is -0.938. The van der Waals surface area contributed by atoms with Gasteiger partial charge in [-0.25, -0.2) is 9.59 Å². The van der Waals surface area contributed by atoms with E-state index in [2.05, 4.69) is 10.5 Å². The van der Waals surface area contributed by atoms with Crippen molar-refractivity contribution in [2.75, 3.05) is 45.6 Å². The molecule has 4 aliphatic heterocycles. The summed E-state index contributed by atoms with van der Waals surface area (Å²) >= 11 is 7.57. The van der Waals surface area contributed by atoms with Crippen molar-refractivity contribution >= 4 is 58.7 Å². The number of aromatic hydroxyl groups is 3. The van der Waals surface area contributed by atoms with Crippen LogP contribution in [-0.2, 0) is 28.8 Å². The Morgan fingerprint density at radius 2 is 1.81 bits per heavy atom. The number of methoxy groups -OCH3 is 1. The Labute approximate surface area is 313 Å². The number of quaternary nitrogens is 1. The summed E-state index contributed by atoms with van der Waals surface area (Å²) in [4.78, 5) is 74.0. The molecule has 0 aromatic heterocycles. The highest BCUT2D eigenvalue weighted by Gasteiger charge is 2.56. The number of benzene rings is 2. The maximum atomic E-state index is 13.7. The summed E-state index contributed by atoms with van der Waals surface area (Å²) in [5.41, 5.74) is -0.998. The number of carboxylic acids is 1. The molecule has 0 bridgehead atoms. The number of phenols is 3. The average molecular weight is 773 g/mol. The highest BCUT2D eigenvalue weighted by Crippen LogP contribution is 2.43. The number of phenolic OH excluding ortho intramolecular Hbond substituents is 3. The van der Waals surface area contributed by atoms with Gasteiger partial charge in [0.05, 0.1) is 43.9 Å². The zero-order valence-corrected chi connectivity index (χ0v) is 30.6. The molecule has 0 spiro atoms. The average Bonchev–Trinajstić information content (AvgIpc) is 3.55. The van der Waals surface area contributed by atoms with Crippen LogP contribution in [-0.4, -0.2) is 139 Å². The summed E-state index contributed by atoms with van der Waals surface area (Å²) in [5, 5.41) is 44.7. The predicted molar refractivity (Wildman–Crippen MR) is 190 cm³/mol. The van der Waals surface area contributed by atoms with E-state index < -0.39 is 52.3 Å². The summed E-state index contributed by atoms with van der Waals surface area (Å²) in [6, 6.07) is 6.97. The minimum Gasteiger partial charge on any atom is -0.508 e. The molecule has 6 rings (SSSR count). The van der Waals surface area contributed by atoms with Gasteiger partial charge in [0.2, 0.25) is 5.60 Å². The predicted octanol–water partition coefficient (Wildman–Crippen LogP) is 2.00. The highest BCUT2D eigenvalue weighted by molar-refractivity contribution is 8.00. The van der Waals surface area contributed by atoms with Crippen molar-refractivity contribution in [3.8, 4) is 17.2 Å². The summed E-state index contributed by atoms with van der Waals surface area (Å²) < 4.78 is 5.75. The van der Waals surface area contributed by atoms with Crippen LogP contribution in [0.2, 0.25) is 5.02 Å². The van der Waals surface area contributed by atoms with E-state index in [9.17, 15) is 44.4 Å². The lowest BCUT2D eigenvalue weighted by Gasteiger charge is -2.51. The van der Waals surface area contributed by atoms with Crippen LogP contribution in [0.4, 0.5) is 0 Å². The van der Waals surface area contributed by atoms with E-state index in [0.29, 0.717) is 42.0 Å². The third-order valence-corrected chi connectivity index (χ3v) is 12.0. The van der Waals surface area contributed by atoms with Crippen LogP contribution in [0.25, 0.3) is 0 Å². The second kappa shape index (κ2) is 14.4. The number of nitrogens with zero attached hydrogens (tertiary/aromatic N) is 4. The Morgan fingerprint density at radius 1 is 1.09 bits per heavy atom. The molecule has 2 aromatic rings. The summed E-state index contributed by atoms with van der Waals surface area (Å²) in [7, 11) is 1.23.